The fourth-order valence-electron chi connectivity index (χ4n) is 2.33. The van der Waals surface area contributed by atoms with Gasteiger partial charge in [0.1, 0.15) is 11.6 Å². The van der Waals surface area contributed by atoms with Crippen LogP contribution < -0.4 is 10.9 Å². The topological polar surface area (TPSA) is 78.0 Å². The van der Waals surface area contributed by atoms with Gasteiger partial charge in [-0.1, -0.05) is 13.0 Å². The smallest absolute Gasteiger partial charge is 0.247 e. The average molecular weight is 337 g/mol. The van der Waals surface area contributed by atoms with Gasteiger partial charge in [-0.2, -0.15) is 0 Å². The first-order chi connectivity index (χ1) is 12.0. The molecule has 0 unspecified atom stereocenters. The van der Waals surface area contributed by atoms with E-state index in [0.717, 1.165) is 28.7 Å². The SMILES string of the molecule is C\C=C(O)/C(=C\CC)C(/C)=C/Nc1ccc(-c2ccc(=O)[nH]c2)cn1. The van der Waals surface area contributed by atoms with Crippen molar-refractivity contribution in [1.29, 1.82) is 0 Å². The molecule has 0 fully saturated rings. The molecule has 5 heteroatoms. The van der Waals surface area contributed by atoms with Gasteiger partial charge in [-0.3, -0.25) is 4.79 Å². The van der Waals surface area contributed by atoms with Gasteiger partial charge in [-0.15, -0.1) is 0 Å². The molecule has 0 saturated carbocycles. The molecule has 0 saturated heterocycles. The minimum Gasteiger partial charge on any atom is -0.508 e. The summed E-state index contributed by atoms with van der Waals surface area (Å²) in [7, 11) is 0. The van der Waals surface area contributed by atoms with Gasteiger partial charge in [0.05, 0.1) is 0 Å². The van der Waals surface area contributed by atoms with Crippen LogP contribution in [0.15, 0.2) is 76.7 Å². The van der Waals surface area contributed by atoms with E-state index in [1.54, 1.807) is 31.5 Å². The van der Waals surface area contributed by atoms with Gasteiger partial charge in [0, 0.05) is 35.8 Å². The molecular formula is C20H23N3O2. The van der Waals surface area contributed by atoms with Crippen LogP contribution in [0.3, 0.4) is 0 Å². The van der Waals surface area contributed by atoms with Crippen molar-refractivity contribution < 1.29 is 5.11 Å². The Labute approximate surface area is 147 Å². The number of nitrogens with one attached hydrogen (secondary N) is 2. The summed E-state index contributed by atoms with van der Waals surface area (Å²) in [6.07, 6.45) is 9.73. The molecule has 0 aliphatic heterocycles. The Balaban J connectivity index is 2.14. The van der Waals surface area contributed by atoms with Crippen molar-refractivity contribution in [2.45, 2.75) is 27.2 Å². The van der Waals surface area contributed by atoms with Crippen molar-refractivity contribution >= 4 is 5.82 Å². The van der Waals surface area contributed by atoms with Gasteiger partial charge < -0.3 is 15.4 Å². The monoisotopic (exact) mass is 337 g/mol. The summed E-state index contributed by atoms with van der Waals surface area (Å²) in [4.78, 5) is 18.1. The Kier molecular flexibility index (Phi) is 6.34. The molecule has 0 atom stereocenters. The summed E-state index contributed by atoms with van der Waals surface area (Å²) in [5.74, 6) is 0.960. The highest BCUT2D eigenvalue weighted by molar-refractivity contribution is 5.62. The number of aromatic amines is 1. The van der Waals surface area contributed by atoms with Crippen LogP contribution in [0.1, 0.15) is 27.2 Å². The first-order valence-electron chi connectivity index (χ1n) is 8.19. The molecule has 0 amide bonds. The highest BCUT2D eigenvalue weighted by Gasteiger charge is 2.04. The van der Waals surface area contributed by atoms with E-state index in [-0.39, 0.29) is 11.3 Å². The number of rotatable bonds is 6. The third-order valence-electron chi connectivity index (χ3n) is 3.70. The Morgan fingerprint density at radius 1 is 1.28 bits per heavy atom. The first-order valence-corrected chi connectivity index (χ1v) is 8.19. The number of hydrogen-bond acceptors (Lipinski definition) is 4. The molecule has 0 radical (unpaired) electrons. The molecule has 0 spiro atoms. The Morgan fingerprint density at radius 3 is 2.60 bits per heavy atom. The minimum absolute atomic E-state index is 0.129. The number of hydrogen-bond donors (Lipinski definition) is 3. The van der Waals surface area contributed by atoms with E-state index < -0.39 is 0 Å². The quantitative estimate of drug-likeness (QED) is 0.534. The molecule has 2 heterocycles. The van der Waals surface area contributed by atoms with E-state index in [1.807, 2.05) is 38.3 Å². The van der Waals surface area contributed by atoms with Crippen LogP contribution in [-0.2, 0) is 0 Å². The molecule has 0 aliphatic rings. The molecule has 2 rings (SSSR count). The van der Waals surface area contributed by atoms with E-state index >= 15 is 0 Å². The van der Waals surface area contributed by atoms with Gasteiger partial charge in [0.2, 0.25) is 5.56 Å². The highest BCUT2D eigenvalue weighted by Crippen LogP contribution is 2.20. The second kappa shape index (κ2) is 8.68. The maximum Gasteiger partial charge on any atom is 0.247 e. The van der Waals surface area contributed by atoms with Crippen molar-refractivity contribution in [3.05, 3.63) is 82.3 Å². The average Bonchev–Trinajstić information content (AvgIpc) is 2.64. The summed E-state index contributed by atoms with van der Waals surface area (Å²) in [6.45, 7) is 5.76. The zero-order valence-corrected chi connectivity index (χ0v) is 14.7. The fourth-order valence-corrected chi connectivity index (χ4v) is 2.33. The second-order valence-corrected chi connectivity index (χ2v) is 5.55. The van der Waals surface area contributed by atoms with Crippen LogP contribution in [-0.4, -0.2) is 15.1 Å². The van der Waals surface area contributed by atoms with Crippen LogP contribution in [0.5, 0.6) is 0 Å². The van der Waals surface area contributed by atoms with Gasteiger partial charge >= 0.3 is 0 Å². The summed E-state index contributed by atoms with van der Waals surface area (Å²) >= 11 is 0. The third kappa shape index (κ3) is 4.94. The number of aliphatic hydroxyl groups is 1. The normalized spacial score (nSPS) is 13.0. The summed E-state index contributed by atoms with van der Waals surface area (Å²) in [6, 6.07) is 7.04. The lowest BCUT2D eigenvalue weighted by Crippen LogP contribution is -2.01. The van der Waals surface area contributed by atoms with Gasteiger partial charge in [0.15, 0.2) is 0 Å². The van der Waals surface area contributed by atoms with Gasteiger partial charge in [0.25, 0.3) is 0 Å². The predicted octanol–water partition coefficient (Wildman–Crippen LogP) is 4.55. The molecule has 3 N–H and O–H groups in total. The van der Waals surface area contributed by atoms with Crippen molar-refractivity contribution in [3.8, 4) is 11.1 Å². The van der Waals surface area contributed by atoms with E-state index in [9.17, 15) is 9.90 Å². The van der Waals surface area contributed by atoms with Crippen LogP contribution in [0.2, 0.25) is 0 Å². The first kappa shape index (κ1) is 18.3. The molecule has 0 aliphatic carbocycles. The van der Waals surface area contributed by atoms with E-state index in [1.165, 1.54) is 6.07 Å². The Bertz CT molecular complexity index is 839. The second-order valence-electron chi connectivity index (χ2n) is 5.55. The van der Waals surface area contributed by atoms with Crippen LogP contribution in [0.25, 0.3) is 11.1 Å². The molecule has 2 aromatic rings. The third-order valence-corrected chi connectivity index (χ3v) is 3.70. The Morgan fingerprint density at radius 2 is 2.04 bits per heavy atom. The minimum atomic E-state index is -0.129. The lowest BCUT2D eigenvalue weighted by molar-refractivity contribution is 0.423. The van der Waals surface area contributed by atoms with Crippen LogP contribution in [0, 0.1) is 0 Å². The zero-order chi connectivity index (χ0) is 18.2. The van der Waals surface area contributed by atoms with E-state index in [0.29, 0.717) is 5.82 Å². The maximum atomic E-state index is 11.1. The summed E-state index contributed by atoms with van der Waals surface area (Å²) in [5.41, 5.74) is 3.42. The fraction of sp³-hybridized carbons (Fsp3) is 0.200. The number of aliphatic hydroxyl groups excluding tert-OH is 1. The van der Waals surface area contributed by atoms with Gasteiger partial charge in [-0.05, 0) is 55.7 Å². The maximum absolute atomic E-state index is 11.1. The number of nitrogens with zero attached hydrogens (tertiary/aromatic N) is 1. The van der Waals surface area contributed by atoms with Crippen molar-refractivity contribution in [2.75, 3.05) is 5.32 Å². The number of aromatic nitrogens is 2. The molecule has 2 aromatic heterocycles. The molecule has 25 heavy (non-hydrogen) atoms. The lowest BCUT2D eigenvalue weighted by Gasteiger charge is -2.09. The van der Waals surface area contributed by atoms with Crippen LogP contribution >= 0.6 is 0 Å². The number of pyridine rings is 2. The van der Waals surface area contributed by atoms with Crippen molar-refractivity contribution in [2.24, 2.45) is 0 Å². The highest BCUT2D eigenvalue weighted by atomic mass is 16.3. The van der Waals surface area contributed by atoms with Gasteiger partial charge in [-0.25, -0.2) is 4.98 Å². The molecule has 130 valence electrons. The van der Waals surface area contributed by atoms with E-state index in [4.69, 9.17) is 0 Å². The number of H-pyrrole nitrogens is 1. The number of anilines is 1. The van der Waals surface area contributed by atoms with E-state index in [2.05, 4.69) is 15.3 Å². The molecule has 0 aromatic carbocycles. The lowest BCUT2D eigenvalue weighted by atomic mass is 10.1. The molecule has 0 bridgehead atoms. The zero-order valence-electron chi connectivity index (χ0n) is 14.7. The van der Waals surface area contributed by atoms with Crippen LogP contribution in [0.4, 0.5) is 5.82 Å². The Hall–Kier alpha value is -3.08. The predicted molar refractivity (Wildman–Crippen MR) is 102 cm³/mol. The summed E-state index contributed by atoms with van der Waals surface area (Å²) in [5, 5.41) is 13.1. The molecular weight excluding hydrogens is 314 g/mol. The standard InChI is InChI=1S/C20H23N3O2/c1-4-6-17(18(24)5-2)14(3)11-21-19-9-7-15(12-22-19)16-8-10-20(25)23-13-16/h5-13,24H,4H2,1-3H3,(H,21,22)(H,23,25)/b14-11+,17-6-,18-5+. The van der Waals surface area contributed by atoms with Crippen molar-refractivity contribution in [3.63, 3.8) is 0 Å². The summed E-state index contributed by atoms with van der Waals surface area (Å²) < 4.78 is 0. The molecule has 5 nitrogen and oxygen atoms in total. The number of allylic oxidation sites excluding steroid dienone is 3. The van der Waals surface area contributed by atoms with Crippen molar-refractivity contribution in [1.82, 2.24) is 9.97 Å². The largest absolute Gasteiger partial charge is 0.508 e.